The summed E-state index contributed by atoms with van der Waals surface area (Å²) in [5.74, 6) is 0. The highest BCUT2D eigenvalue weighted by molar-refractivity contribution is 9.10. The van der Waals surface area contributed by atoms with Crippen LogP contribution in [0.4, 0.5) is 0 Å². The van der Waals surface area contributed by atoms with Crippen LogP contribution in [0.5, 0.6) is 0 Å². The molecule has 0 N–H and O–H groups in total. The number of hydrogen-bond donors (Lipinski definition) is 0. The predicted molar refractivity (Wildman–Crippen MR) is 385 cm³/mol. The van der Waals surface area contributed by atoms with Crippen LogP contribution >= 0.6 is 31.9 Å². The van der Waals surface area contributed by atoms with Crippen LogP contribution < -0.4 is 10.9 Å². The van der Waals surface area contributed by atoms with Crippen LogP contribution in [0.25, 0.3) is 22.3 Å². The number of hydrogen-bond acceptors (Lipinski definition) is 4. The number of rotatable bonds is 30. The third-order valence-corrected chi connectivity index (χ3v) is 23.3. The molecular formula is C78H124B2Br2O4. The molecule has 0 aromatic heterocycles. The van der Waals surface area contributed by atoms with E-state index >= 15 is 0 Å². The van der Waals surface area contributed by atoms with Crippen molar-refractivity contribution in [2.45, 2.75) is 349 Å². The molecule has 8 rings (SSSR count). The Morgan fingerprint density at radius 2 is 0.535 bits per heavy atom. The zero-order valence-electron chi connectivity index (χ0n) is 56.3. The Hall–Kier alpha value is -2.19. The predicted octanol–water partition coefficient (Wildman–Crippen LogP) is 24.2. The second-order valence-corrected chi connectivity index (χ2v) is 31.5. The Balaban J connectivity index is 0.000000329. The second-order valence-electron chi connectivity index (χ2n) is 29.7. The van der Waals surface area contributed by atoms with Crippen molar-refractivity contribution in [3.63, 3.8) is 0 Å². The number of benzene rings is 4. The number of halogens is 2. The van der Waals surface area contributed by atoms with Gasteiger partial charge >= 0.3 is 14.2 Å². The molecule has 0 spiro atoms. The maximum Gasteiger partial charge on any atom is 0.494 e. The van der Waals surface area contributed by atoms with E-state index < -0.39 is 0 Å². The number of unbranched alkanes of at least 4 members (excludes halogenated alkanes) is 20. The maximum atomic E-state index is 6.66. The molecule has 4 nitrogen and oxygen atoms in total. The van der Waals surface area contributed by atoms with Gasteiger partial charge in [-0.3, -0.25) is 0 Å². The van der Waals surface area contributed by atoms with Gasteiger partial charge in [0.05, 0.1) is 22.4 Å². The Morgan fingerprint density at radius 3 is 0.849 bits per heavy atom. The lowest BCUT2D eigenvalue weighted by atomic mass is 9.49. The summed E-state index contributed by atoms with van der Waals surface area (Å²) in [4.78, 5) is 0. The minimum absolute atomic E-state index is 0. The van der Waals surface area contributed by atoms with Crippen LogP contribution in [0.3, 0.4) is 0 Å². The molecule has 86 heavy (non-hydrogen) atoms. The summed E-state index contributed by atoms with van der Waals surface area (Å²) in [6.45, 7) is 36.6. The molecule has 0 saturated carbocycles. The molecule has 2 aliphatic heterocycles. The van der Waals surface area contributed by atoms with Crippen LogP contribution in [0.2, 0.25) is 0 Å². The van der Waals surface area contributed by atoms with Crippen molar-refractivity contribution in [2.24, 2.45) is 0 Å². The molecule has 0 atom stereocenters. The highest BCUT2D eigenvalue weighted by Crippen LogP contribution is 2.61. The topological polar surface area (TPSA) is 36.9 Å². The smallest absolute Gasteiger partial charge is 0.399 e. The van der Waals surface area contributed by atoms with E-state index in [1.54, 1.807) is 5.56 Å². The maximum absolute atomic E-state index is 6.66. The van der Waals surface area contributed by atoms with E-state index in [1.807, 2.05) is 0 Å². The Bertz CT molecular complexity index is 2670. The molecule has 4 aliphatic rings. The van der Waals surface area contributed by atoms with Crippen LogP contribution in [-0.2, 0) is 40.3 Å². The van der Waals surface area contributed by atoms with Crippen LogP contribution in [0.15, 0.2) is 81.7 Å². The van der Waals surface area contributed by atoms with Crippen molar-refractivity contribution in [3.05, 3.63) is 104 Å². The Labute approximate surface area is 547 Å². The van der Waals surface area contributed by atoms with E-state index in [4.69, 9.17) is 18.6 Å². The summed E-state index contributed by atoms with van der Waals surface area (Å²) < 4.78 is 29.0. The van der Waals surface area contributed by atoms with Crippen LogP contribution in [-0.4, -0.2) is 36.6 Å². The lowest BCUT2D eigenvalue weighted by molar-refractivity contribution is 0.00578. The van der Waals surface area contributed by atoms with Gasteiger partial charge in [0.2, 0.25) is 0 Å². The van der Waals surface area contributed by atoms with Crippen molar-refractivity contribution in [3.8, 4) is 22.3 Å². The standard InChI is InChI=1S/C44H70B2O4.C32H46Br2.2CH4/c1-13-15-17-19-21-23-29-44(30-24-22-20-18-16-14-2)38-32-34(46-49-42(9,10)43(11,12)50-46)26-28-36(38)35-27-25-33(31-37(35)39(44,3)4)45-47-40(5,6)41(7,8)48-45;1-5-7-9-11-13-15-21-32(22-16-14-12-10-8-6-2)30-24-26(34)18-20-28(30)27-19-17-25(33)23-29(27)31(32,3)4;;/h25-28,31-32H,13-24,29-30H2,1-12H3;17-20,23-24H,5-16,21-22H2,1-4H3;2*1H4. The van der Waals surface area contributed by atoms with Gasteiger partial charge < -0.3 is 18.6 Å². The quantitative estimate of drug-likeness (QED) is 0.0385. The van der Waals surface area contributed by atoms with E-state index in [0.29, 0.717) is 0 Å². The summed E-state index contributed by atoms with van der Waals surface area (Å²) in [7, 11) is -0.749. The fourth-order valence-corrected chi connectivity index (χ4v) is 16.0. The summed E-state index contributed by atoms with van der Waals surface area (Å²) in [5, 5.41) is 0. The van der Waals surface area contributed by atoms with Gasteiger partial charge in [-0.25, -0.2) is 0 Å². The molecular weight excluding hydrogens is 1180 g/mol. The Morgan fingerprint density at radius 1 is 0.302 bits per heavy atom. The third kappa shape index (κ3) is 16.2. The first-order chi connectivity index (χ1) is 39.8. The minimum atomic E-state index is -0.378. The van der Waals surface area contributed by atoms with Gasteiger partial charge in [-0.1, -0.05) is 305 Å². The molecule has 0 bridgehead atoms. The summed E-state index contributed by atoms with van der Waals surface area (Å²) in [6, 6.07) is 28.2. The van der Waals surface area contributed by atoms with Crippen molar-refractivity contribution in [1.29, 1.82) is 0 Å². The normalized spacial score (nSPS) is 19.0. The molecule has 0 radical (unpaired) electrons. The second kappa shape index (κ2) is 31.9. The van der Waals surface area contributed by atoms with Crippen LogP contribution in [0, 0.1) is 0 Å². The monoisotopic (exact) mass is 1300 g/mol. The van der Waals surface area contributed by atoms with Crippen molar-refractivity contribution >= 4 is 57.0 Å². The fourth-order valence-electron chi connectivity index (χ4n) is 15.2. The largest absolute Gasteiger partial charge is 0.494 e. The molecule has 4 aromatic rings. The van der Waals surface area contributed by atoms with Crippen molar-refractivity contribution < 1.29 is 18.6 Å². The van der Waals surface area contributed by atoms with Gasteiger partial charge in [-0.2, -0.15) is 0 Å². The highest BCUT2D eigenvalue weighted by Gasteiger charge is 2.57. The molecule has 480 valence electrons. The first-order valence-corrected chi connectivity index (χ1v) is 36.0. The average molecular weight is 1310 g/mol. The zero-order chi connectivity index (χ0) is 61.2. The Kier molecular flexibility index (Phi) is 27.6. The molecule has 2 fully saturated rings. The first-order valence-electron chi connectivity index (χ1n) is 34.4. The lowest BCUT2D eigenvalue weighted by Gasteiger charge is -2.53. The molecule has 2 aliphatic carbocycles. The molecule has 0 amide bonds. The van der Waals surface area contributed by atoms with E-state index in [-0.39, 0.29) is 73.2 Å². The molecule has 2 heterocycles. The van der Waals surface area contributed by atoms with Gasteiger partial charge in [-0.15, -0.1) is 0 Å². The molecule has 0 unspecified atom stereocenters. The minimum Gasteiger partial charge on any atom is -0.399 e. The van der Waals surface area contributed by atoms with Crippen molar-refractivity contribution in [2.75, 3.05) is 0 Å². The van der Waals surface area contributed by atoms with E-state index in [0.717, 1.165) is 10.9 Å². The van der Waals surface area contributed by atoms with Gasteiger partial charge in [0.15, 0.2) is 0 Å². The average Bonchev–Trinajstić information content (AvgIpc) is 0.902. The fraction of sp³-hybridized carbons (Fsp3) is 0.692. The highest BCUT2D eigenvalue weighted by atomic mass is 79.9. The number of fused-ring (bicyclic) bond motifs is 6. The summed E-state index contributed by atoms with van der Waals surface area (Å²) in [6.07, 6.45) is 36.9. The van der Waals surface area contributed by atoms with E-state index in [1.165, 1.54) is 228 Å². The van der Waals surface area contributed by atoms with Gasteiger partial charge in [0.1, 0.15) is 0 Å². The SMILES string of the molecule is C.C.CCCCCCCCC1(CCCCCCCC)c2cc(B3OC(C)(C)C(C)(C)O3)ccc2-c2ccc(B3OC(C)(C)C(C)(C)O3)cc2C1(C)C.CCCCCCCCC1(CCCCCCCC)c2cc(Br)ccc2-c2ccc(Br)cc2C1(C)C. The van der Waals surface area contributed by atoms with Gasteiger partial charge in [-0.05, 0) is 166 Å². The molecule has 2 saturated heterocycles. The van der Waals surface area contributed by atoms with Crippen molar-refractivity contribution in [1.82, 2.24) is 0 Å². The first kappa shape index (κ1) is 74.5. The summed E-state index contributed by atoms with van der Waals surface area (Å²) in [5.41, 5.74) is 12.5. The van der Waals surface area contributed by atoms with E-state index in [2.05, 4.69) is 215 Å². The molecule has 8 heteroatoms. The third-order valence-electron chi connectivity index (χ3n) is 22.3. The molecule has 4 aromatic carbocycles. The summed E-state index contributed by atoms with van der Waals surface area (Å²) >= 11 is 7.64. The lowest BCUT2D eigenvalue weighted by Crippen LogP contribution is -2.50. The van der Waals surface area contributed by atoms with Gasteiger partial charge in [0, 0.05) is 25.2 Å². The van der Waals surface area contributed by atoms with Gasteiger partial charge in [0.25, 0.3) is 0 Å². The van der Waals surface area contributed by atoms with Crippen LogP contribution in [0.1, 0.15) is 328 Å². The zero-order valence-corrected chi connectivity index (χ0v) is 59.4. The van der Waals surface area contributed by atoms with E-state index in [9.17, 15) is 0 Å².